The molecule has 0 bridgehead atoms. The second-order valence-corrected chi connectivity index (χ2v) is 5.89. The SMILES string of the molecule is O=C(O)c1cc(Cl)cc(S(=O)(=O)Nc2cncnc2)c1F. The standard InChI is InChI=1S/C11H7ClFN3O4S/c12-6-1-8(11(17)18)10(13)9(2-6)21(19,20)16-7-3-14-5-15-4-7/h1-5,16H,(H,17,18). The maximum atomic E-state index is 14.0. The van der Waals surface area contributed by atoms with Crippen LogP contribution in [0.3, 0.4) is 0 Å². The Morgan fingerprint density at radius 2 is 1.90 bits per heavy atom. The number of nitrogens with one attached hydrogen (secondary N) is 1. The van der Waals surface area contributed by atoms with Gasteiger partial charge in [-0.2, -0.15) is 0 Å². The molecule has 1 heterocycles. The quantitative estimate of drug-likeness (QED) is 0.883. The number of carbonyl (C=O) groups is 1. The molecule has 0 saturated heterocycles. The summed E-state index contributed by atoms with van der Waals surface area (Å²) in [7, 11) is -4.38. The highest BCUT2D eigenvalue weighted by atomic mass is 35.5. The molecule has 0 aliphatic carbocycles. The molecule has 0 aliphatic heterocycles. The van der Waals surface area contributed by atoms with Crippen LogP contribution in [0.2, 0.25) is 5.02 Å². The molecule has 0 unspecified atom stereocenters. The van der Waals surface area contributed by atoms with Gasteiger partial charge < -0.3 is 5.11 Å². The third-order valence-electron chi connectivity index (χ3n) is 2.34. The van der Waals surface area contributed by atoms with Crippen molar-refractivity contribution in [2.24, 2.45) is 0 Å². The maximum Gasteiger partial charge on any atom is 0.338 e. The van der Waals surface area contributed by atoms with Crippen LogP contribution in [0, 0.1) is 5.82 Å². The molecule has 1 aromatic carbocycles. The van der Waals surface area contributed by atoms with Crippen molar-refractivity contribution in [1.29, 1.82) is 0 Å². The molecule has 10 heteroatoms. The zero-order chi connectivity index (χ0) is 15.6. The summed E-state index contributed by atoms with van der Waals surface area (Å²) in [5.74, 6) is -3.04. The highest BCUT2D eigenvalue weighted by Gasteiger charge is 2.25. The number of hydrogen-bond acceptors (Lipinski definition) is 5. The summed E-state index contributed by atoms with van der Waals surface area (Å²) in [5.41, 5.74) is -0.846. The van der Waals surface area contributed by atoms with Crippen LogP contribution in [0.5, 0.6) is 0 Å². The van der Waals surface area contributed by atoms with Crippen LogP contribution in [0.1, 0.15) is 10.4 Å². The highest BCUT2D eigenvalue weighted by molar-refractivity contribution is 7.92. The molecule has 110 valence electrons. The number of rotatable bonds is 4. The van der Waals surface area contributed by atoms with E-state index in [1.807, 2.05) is 4.72 Å². The first-order chi connectivity index (χ1) is 9.81. The van der Waals surface area contributed by atoms with Crippen LogP contribution >= 0.6 is 11.6 Å². The minimum atomic E-state index is -4.38. The fraction of sp³-hybridized carbons (Fsp3) is 0. The number of halogens is 2. The lowest BCUT2D eigenvalue weighted by atomic mass is 10.2. The lowest BCUT2D eigenvalue weighted by Gasteiger charge is -2.10. The van der Waals surface area contributed by atoms with Crippen molar-refractivity contribution in [2.45, 2.75) is 4.90 Å². The zero-order valence-corrected chi connectivity index (χ0v) is 11.7. The van der Waals surface area contributed by atoms with Gasteiger partial charge in [0.25, 0.3) is 10.0 Å². The first kappa shape index (κ1) is 15.1. The zero-order valence-electron chi connectivity index (χ0n) is 10.1. The Balaban J connectivity index is 2.53. The van der Waals surface area contributed by atoms with E-state index in [2.05, 4.69) is 9.97 Å². The smallest absolute Gasteiger partial charge is 0.338 e. The molecule has 7 nitrogen and oxygen atoms in total. The van der Waals surface area contributed by atoms with E-state index in [-0.39, 0.29) is 10.7 Å². The van der Waals surface area contributed by atoms with Crippen molar-refractivity contribution >= 4 is 33.3 Å². The number of carboxylic acid groups (broad SMARTS) is 1. The Kier molecular flexibility index (Phi) is 4.05. The number of benzene rings is 1. The molecule has 2 N–H and O–H groups in total. The average Bonchev–Trinajstić information content (AvgIpc) is 2.41. The van der Waals surface area contributed by atoms with Gasteiger partial charge in [-0.3, -0.25) is 4.72 Å². The van der Waals surface area contributed by atoms with Crippen molar-refractivity contribution < 1.29 is 22.7 Å². The number of nitrogens with zero attached hydrogens (tertiary/aromatic N) is 2. The van der Waals surface area contributed by atoms with Gasteiger partial charge in [-0.1, -0.05) is 11.6 Å². The first-order valence-corrected chi connectivity index (χ1v) is 7.17. The normalized spacial score (nSPS) is 11.1. The van der Waals surface area contributed by atoms with E-state index < -0.39 is 32.3 Å². The van der Waals surface area contributed by atoms with Crippen LogP contribution < -0.4 is 4.72 Å². The van der Waals surface area contributed by atoms with Gasteiger partial charge in [0.05, 0.1) is 23.6 Å². The lowest BCUT2D eigenvalue weighted by molar-refractivity contribution is 0.0691. The average molecular weight is 332 g/mol. The van der Waals surface area contributed by atoms with Crippen LogP contribution in [-0.2, 0) is 10.0 Å². The predicted octanol–water partition coefficient (Wildman–Crippen LogP) is 1.77. The maximum absolute atomic E-state index is 14.0. The Hall–Kier alpha value is -2.26. The predicted molar refractivity (Wildman–Crippen MR) is 71.2 cm³/mol. The topological polar surface area (TPSA) is 109 Å². The van der Waals surface area contributed by atoms with Gasteiger partial charge in [-0.05, 0) is 12.1 Å². The van der Waals surface area contributed by atoms with Crippen molar-refractivity contribution in [1.82, 2.24) is 9.97 Å². The van der Waals surface area contributed by atoms with Crippen molar-refractivity contribution in [3.8, 4) is 0 Å². The fourth-order valence-corrected chi connectivity index (χ4v) is 2.91. The Morgan fingerprint density at radius 1 is 1.29 bits per heavy atom. The summed E-state index contributed by atoms with van der Waals surface area (Å²) in [6, 6.07) is 1.64. The van der Waals surface area contributed by atoms with E-state index >= 15 is 0 Å². The minimum absolute atomic E-state index is 0.00579. The summed E-state index contributed by atoms with van der Waals surface area (Å²) in [5, 5.41) is 8.61. The molecule has 0 atom stereocenters. The van der Waals surface area contributed by atoms with Crippen LogP contribution in [-0.4, -0.2) is 29.5 Å². The molecule has 0 saturated carbocycles. The Bertz CT molecular complexity index is 799. The van der Waals surface area contributed by atoms with Crippen molar-refractivity contribution in [2.75, 3.05) is 4.72 Å². The molecular weight excluding hydrogens is 325 g/mol. The molecular formula is C11H7ClFN3O4S. The summed E-state index contributed by atoms with van der Waals surface area (Å²) < 4.78 is 40.2. The molecule has 0 amide bonds. The van der Waals surface area contributed by atoms with E-state index in [1.165, 1.54) is 6.33 Å². The summed E-state index contributed by atoms with van der Waals surface area (Å²) in [6.07, 6.45) is 3.50. The van der Waals surface area contributed by atoms with Crippen LogP contribution in [0.25, 0.3) is 0 Å². The molecule has 1 aromatic heterocycles. The molecule has 21 heavy (non-hydrogen) atoms. The number of aromatic nitrogens is 2. The van der Waals surface area contributed by atoms with E-state index in [9.17, 15) is 17.6 Å². The van der Waals surface area contributed by atoms with E-state index in [4.69, 9.17) is 16.7 Å². The first-order valence-electron chi connectivity index (χ1n) is 5.31. The number of hydrogen-bond donors (Lipinski definition) is 2. The molecule has 2 aromatic rings. The highest BCUT2D eigenvalue weighted by Crippen LogP contribution is 2.25. The second kappa shape index (κ2) is 5.62. The van der Waals surface area contributed by atoms with E-state index in [1.54, 1.807) is 0 Å². The largest absolute Gasteiger partial charge is 0.478 e. The van der Waals surface area contributed by atoms with Gasteiger partial charge >= 0.3 is 5.97 Å². The van der Waals surface area contributed by atoms with Gasteiger partial charge in [-0.25, -0.2) is 27.6 Å². The third-order valence-corrected chi connectivity index (χ3v) is 3.94. The molecule has 2 rings (SSSR count). The Morgan fingerprint density at radius 3 is 2.48 bits per heavy atom. The molecule has 0 fully saturated rings. The summed E-state index contributed by atoms with van der Waals surface area (Å²) in [4.78, 5) is 17.2. The lowest BCUT2D eigenvalue weighted by Crippen LogP contribution is -2.17. The summed E-state index contributed by atoms with van der Waals surface area (Å²) >= 11 is 5.63. The number of anilines is 1. The minimum Gasteiger partial charge on any atom is -0.478 e. The third kappa shape index (κ3) is 3.26. The number of aromatic carboxylic acids is 1. The number of sulfonamides is 1. The van der Waals surface area contributed by atoms with Gasteiger partial charge in [0.15, 0.2) is 5.82 Å². The van der Waals surface area contributed by atoms with Gasteiger partial charge in [0.2, 0.25) is 0 Å². The molecule has 0 radical (unpaired) electrons. The van der Waals surface area contributed by atoms with Gasteiger partial charge in [-0.15, -0.1) is 0 Å². The Labute approximate surface area is 123 Å². The van der Waals surface area contributed by atoms with E-state index in [0.29, 0.717) is 0 Å². The molecule has 0 spiro atoms. The van der Waals surface area contributed by atoms with Crippen LogP contribution in [0.15, 0.2) is 35.7 Å². The fourth-order valence-electron chi connectivity index (χ4n) is 1.48. The van der Waals surface area contributed by atoms with Crippen molar-refractivity contribution in [3.05, 3.63) is 47.3 Å². The van der Waals surface area contributed by atoms with Crippen molar-refractivity contribution in [3.63, 3.8) is 0 Å². The summed E-state index contributed by atoms with van der Waals surface area (Å²) in [6.45, 7) is 0. The van der Waals surface area contributed by atoms with Gasteiger partial charge in [0.1, 0.15) is 11.2 Å². The van der Waals surface area contributed by atoms with E-state index in [0.717, 1.165) is 24.5 Å². The monoisotopic (exact) mass is 331 g/mol. The van der Waals surface area contributed by atoms with Gasteiger partial charge in [0, 0.05) is 5.02 Å². The molecule has 0 aliphatic rings. The van der Waals surface area contributed by atoms with Crippen LogP contribution in [0.4, 0.5) is 10.1 Å². The number of carboxylic acids is 1. The second-order valence-electron chi connectivity index (χ2n) is 3.80.